The number of fused-ring (bicyclic) bond motifs is 7. The summed E-state index contributed by atoms with van der Waals surface area (Å²) in [6.07, 6.45) is -1.24. The third-order valence-electron chi connectivity index (χ3n) is 14.9. The minimum atomic E-state index is -2.53. The highest BCUT2D eigenvalue weighted by Crippen LogP contribution is 2.74. The van der Waals surface area contributed by atoms with Crippen LogP contribution in [0.3, 0.4) is 0 Å². The number of carbonyl (C=O) groups is 7. The van der Waals surface area contributed by atoms with Crippen molar-refractivity contribution in [2.75, 3.05) is 18.5 Å². The van der Waals surface area contributed by atoms with Crippen LogP contribution in [0.1, 0.15) is 71.7 Å². The van der Waals surface area contributed by atoms with Gasteiger partial charge in [0.15, 0.2) is 46.4 Å². The van der Waals surface area contributed by atoms with Gasteiger partial charge in [0, 0.05) is 71.9 Å². The zero-order chi connectivity index (χ0) is 48.6. The molecule has 2 aromatic rings. The number of hydrogen-bond donors (Lipinski definition) is 6. The van der Waals surface area contributed by atoms with Crippen LogP contribution in [0.5, 0.6) is 17.2 Å². The van der Waals surface area contributed by atoms with Gasteiger partial charge in [-0.25, -0.2) is 8.78 Å². The van der Waals surface area contributed by atoms with E-state index in [1.54, 1.807) is 6.92 Å². The summed E-state index contributed by atoms with van der Waals surface area (Å²) in [5.74, 6) is -9.83. The fourth-order valence-corrected chi connectivity index (χ4v) is 11.4. The normalized spacial score (nSPS) is 34.6. The lowest BCUT2D eigenvalue weighted by molar-refractivity contribution is -0.236. The van der Waals surface area contributed by atoms with Crippen LogP contribution in [-0.4, -0.2) is 115 Å². The molecule has 2 aliphatic heterocycles. The molecule has 4 amide bonds. The van der Waals surface area contributed by atoms with E-state index in [0.717, 1.165) is 29.2 Å². The summed E-state index contributed by atoms with van der Waals surface area (Å²) in [7, 11) is 0. The molecule has 6 aliphatic rings. The van der Waals surface area contributed by atoms with E-state index in [2.05, 4.69) is 10.6 Å². The van der Waals surface area contributed by atoms with E-state index in [1.165, 1.54) is 69.3 Å². The maximum absolute atomic E-state index is 17.8. The Morgan fingerprint density at radius 3 is 2.31 bits per heavy atom. The van der Waals surface area contributed by atoms with E-state index in [0.29, 0.717) is 5.69 Å². The van der Waals surface area contributed by atoms with Crippen LogP contribution < -0.4 is 15.4 Å². The number of imide groups is 1. The maximum atomic E-state index is 17.8. The molecule has 0 unspecified atom stereocenters. The van der Waals surface area contributed by atoms with Gasteiger partial charge in [-0.15, -0.1) is 0 Å². The second kappa shape index (κ2) is 17.0. The van der Waals surface area contributed by atoms with Crippen molar-refractivity contribution in [3.05, 3.63) is 84.0 Å². The smallest absolute Gasteiger partial charge is 0.253 e. The predicted octanol–water partition coefficient (Wildman–Crippen LogP) is 3.50. The van der Waals surface area contributed by atoms with E-state index in [4.69, 9.17) is 14.2 Å². The van der Waals surface area contributed by atoms with Gasteiger partial charge in [-0.2, -0.15) is 0 Å². The molecular weight excluding hydrogens is 881 g/mol. The second-order valence-corrected chi connectivity index (χ2v) is 18.8. The average molecular weight is 932 g/mol. The van der Waals surface area contributed by atoms with Gasteiger partial charge in [0.25, 0.3) is 11.8 Å². The first-order valence-corrected chi connectivity index (χ1v) is 22.0. The molecule has 17 nitrogen and oxygen atoms in total. The number of aromatic hydroxyl groups is 1. The van der Waals surface area contributed by atoms with Gasteiger partial charge in [0.05, 0.1) is 12.1 Å². The Balaban J connectivity index is 0.898. The molecule has 67 heavy (non-hydrogen) atoms. The Morgan fingerprint density at radius 1 is 0.970 bits per heavy atom. The average Bonchev–Trinajstić information content (AvgIpc) is 3.85. The Bertz CT molecular complexity index is 2530. The summed E-state index contributed by atoms with van der Waals surface area (Å²) in [4.78, 5) is 88.6. The number of ether oxygens (including phenoxy) is 3. The number of carbonyl (C=O) groups excluding carboxylic acids is 7. The number of alkyl halides is 2. The standard InChI is InChI=1S/C48H51F2N3O14/c1-24(17-34(56)25(2)51-39(60)14-16-53-40(61)11-12-41(53)62)42(63)52-27-6-8-29(9-7-27)65-36-10-5-26(18-35(36)57)43-66-46(64)21-32-30-20-33(49)31-19-28(55)13-15-44(31,3)47(30,50)37(58)22-45(32,4)48(46,67-43)38(59)23-54/h5-13,15,18-19,24-25,30,32-33,37,43,54,57-58,64H,14,16-17,20-23H2,1-4H3,(H,51,60)(H,52,63)/t24-,25+,30+,32+,33+,37+,43-,44+,45+,46-,47+,48+/m1/s1. The van der Waals surface area contributed by atoms with Gasteiger partial charge in [-0.05, 0) is 92.8 Å². The number of phenolic OH excluding ortho intramolecular Hbond substituents is 1. The van der Waals surface area contributed by atoms with Gasteiger partial charge in [-0.1, -0.05) is 19.9 Å². The zero-order valence-electron chi connectivity index (χ0n) is 37.0. The molecule has 2 aromatic carbocycles. The zero-order valence-corrected chi connectivity index (χ0v) is 37.0. The number of anilines is 1. The second-order valence-electron chi connectivity index (χ2n) is 18.8. The molecule has 8 rings (SSSR count). The molecule has 12 atom stereocenters. The molecule has 4 fully saturated rings. The summed E-state index contributed by atoms with van der Waals surface area (Å²) in [6, 6.07) is 9.12. The monoisotopic (exact) mass is 931 g/mol. The molecule has 3 saturated carbocycles. The minimum Gasteiger partial charge on any atom is -0.504 e. The molecule has 0 spiro atoms. The minimum absolute atomic E-state index is 0.0397. The number of phenols is 1. The van der Waals surface area contributed by atoms with Crippen molar-refractivity contribution in [3.8, 4) is 17.2 Å². The third kappa shape index (κ3) is 7.51. The first kappa shape index (κ1) is 47.5. The van der Waals surface area contributed by atoms with Crippen molar-refractivity contribution in [3.63, 3.8) is 0 Å². The first-order chi connectivity index (χ1) is 31.5. The lowest BCUT2D eigenvalue weighted by Crippen LogP contribution is -2.71. The molecule has 0 radical (unpaired) electrons. The predicted molar refractivity (Wildman–Crippen MR) is 229 cm³/mol. The Morgan fingerprint density at radius 2 is 1.66 bits per heavy atom. The van der Waals surface area contributed by atoms with Crippen LogP contribution in [0.2, 0.25) is 0 Å². The van der Waals surface area contributed by atoms with Gasteiger partial charge in [0.2, 0.25) is 17.6 Å². The lowest BCUT2D eigenvalue weighted by atomic mass is 9.44. The number of halogens is 2. The highest BCUT2D eigenvalue weighted by molar-refractivity contribution is 6.13. The van der Waals surface area contributed by atoms with Crippen molar-refractivity contribution in [2.24, 2.45) is 28.6 Å². The molecule has 19 heteroatoms. The van der Waals surface area contributed by atoms with Crippen LogP contribution in [0.15, 0.2) is 78.4 Å². The van der Waals surface area contributed by atoms with E-state index < -0.39 is 143 Å². The number of benzene rings is 2. The highest BCUT2D eigenvalue weighted by Gasteiger charge is 2.84. The van der Waals surface area contributed by atoms with Crippen molar-refractivity contribution in [2.45, 2.75) is 101 Å². The van der Waals surface area contributed by atoms with E-state index in [1.807, 2.05) is 0 Å². The van der Waals surface area contributed by atoms with E-state index in [-0.39, 0.29) is 42.0 Å². The third-order valence-corrected chi connectivity index (χ3v) is 14.9. The van der Waals surface area contributed by atoms with Gasteiger partial charge < -0.3 is 45.3 Å². The Hall–Kier alpha value is -5.99. The number of ketones is 3. The van der Waals surface area contributed by atoms with Crippen LogP contribution >= 0.6 is 0 Å². The number of aliphatic hydroxyl groups is 3. The number of aliphatic hydroxyl groups excluding tert-OH is 2. The Kier molecular flexibility index (Phi) is 12.0. The number of allylic oxidation sites excluding steroid dienone is 4. The van der Waals surface area contributed by atoms with Gasteiger partial charge in [0.1, 0.15) is 18.5 Å². The summed E-state index contributed by atoms with van der Waals surface area (Å²) in [6.45, 7) is 4.68. The van der Waals surface area contributed by atoms with E-state index in [9.17, 15) is 54.0 Å². The van der Waals surface area contributed by atoms with Crippen LogP contribution in [0.4, 0.5) is 14.5 Å². The maximum Gasteiger partial charge on any atom is 0.253 e. The van der Waals surface area contributed by atoms with Crippen LogP contribution in [-0.2, 0) is 43.0 Å². The van der Waals surface area contributed by atoms with Crippen molar-refractivity contribution < 1.29 is 77.0 Å². The number of amides is 4. The first-order valence-electron chi connectivity index (χ1n) is 22.0. The fraction of sp³-hybridized carbons (Fsp3) is 0.479. The Labute approximate surface area is 382 Å². The van der Waals surface area contributed by atoms with Crippen LogP contribution in [0.25, 0.3) is 0 Å². The van der Waals surface area contributed by atoms with Crippen LogP contribution in [0, 0.1) is 28.6 Å². The SMILES string of the molecule is C[C@H](CC(=O)[C@H](C)NC(=O)CCN1C(=O)C=CC1=O)C(=O)Nc1ccc(Oc2ccc([C@H]3O[C@]4(C(=O)CO)[C@@](O)(C[C@H]5[C@@H]6C[C@H](F)C7=CC(=O)C=C[C@]7(C)[C@@]6(F)[C@@H](O)C[C@@]54C)O3)cc2O)cc1. The number of rotatable bonds is 14. The molecule has 0 aromatic heterocycles. The summed E-state index contributed by atoms with van der Waals surface area (Å²) < 4.78 is 52.1. The number of nitrogens with one attached hydrogen (secondary N) is 2. The summed E-state index contributed by atoms with van der Waals surface area (Å²) in [5.41, 5.74) is -7.87. The molecule has 0 bridgehead atoms. The number of nitrogens with zero attached hydrogens (tertiary/aromatic N) is 1. The van der Waals surface area contributed by atoms with Gasteiger partial charge in [-0.3, -0.25) is 38.5 Å². The lowest BCUT2D eigenvalue weighted by Gasteiger charge is -2.63. The molecular formula is C48H51F2N3O14. The number of hydrogen-bond acceptors (Lipinski definition) is 14. The fourth-order valence-electron chi connectivity index (χ4n) is 11.4. The summed E-state index contributed by atoms with van der Waals surface area (Å²) in [5, 5.41) is 50.7. The molecule has 356 valence electrons. The van der Waals surface area contributed by atoms with Crippen molar-refractivity contribution >= 4 is 46.7 Å². The van der Waals surface area contributed by atoms with Gasteiger partial charge >= 0.3 is 0 Å². The molecule has 6 N–H and O–H groups in total. The topological polar surface area (TPSA) is 255 Å². The van der Waals surface area contributed by atoms with Crippen molar-refractivity contribution in [1.29, 1.82) is 0 Å². The molecule has 2 heterocycles. The quantitative estimate of drug-likeness (QED) is 0.148. The van der Waals surface area contributed by atoms with Crippen molar-refractivity contribution in [1.82, 2.24) is 10.2 Å². The molecule has 1 saturated heterocycles. The van der Waals surface area contributed by atoms with E-state index >= 15 is 8.78 Å². The molecule has 4 aliphatic carbocycles. The largest absolute Gasteiger partial charge is 0.504 e. The number of Topliss-reactive ketones (excluding diaryl/α,β-unsaturated/α-hetero) is 2. The highest BCUT2D eigenvalue weighted by atomic mass is 19.1. The summed E-state index contributed by atoms with van der Waals surface area (Å²) >= 11 is 0.